The molecule has 0 spiro atoms. The van der Waals surface area contributed by atoms with Gasteiger partial charge in [0, 0.05) is 24.8 Å². The van der Waals surface area contributed by atoms with Crippen molar-refractivity contribution in [3.05, 3.63) is 44.2 Å². The lowest BCUT2D eigenvalue weighted by atomic mass is 9.83. The number of aromatic nitrogens is 2. The van der Waals surface area contributed by atoms with Crippen molar-refractivity contribution >= 4 is 5.91 Å². The predicted molar refractivity (Wildman–Crippen MR) is 82.6 cm³/mol. The number of aromatic amines is 1. The van der Waals surface area contributed by atoms with Gasteiger partial charge in [0.2, 0.25) is 5.91 Å². The minimum absolute atomic E-state index is 0.0116. The Labute approximate surface area is 128 Å². The topological polar surface area (TPSA) is 75.2 Å². The van der Waals surface area contributed by atoms with Crippen molar-refractivity contribution in [2.45, 2.75) is 33.2 Å². The Morgan fingerprint density at radius 2 is 2.00 bits per heavy atom. The zero-order chi connectivity index (χ0) is 15.9. The monoisotopic (exact) mass is 303 g/mol. The van der Waals surface area contributed by atoms with Gasteiger partial charge in [0.25, 0.3) is 5.56 Å². The van der Waals surface area contributed by atoms with E-state index in [1.54, 1.807) is 6.92 Å². The second-order valence-corrected chi connectivity index (χ2v) is 6.51. The Kier molecular flexibility index (Phi) is 3.76. The first-order chi connectivity index (χ1) is 10.4. The first-order valence-corrected chi connectivity index (χ1v) is 7.68. The van der Waals surface area contributed by atoms with Crippen LogP contribution in [0.5, 0.6) is 0 Å². The maximum absolute atomic E-state index is 12.4. The van der Waals surface area contributed by atoms with Gasteiger partial charge in [0.15, 0.2) is 0 Å². The summed E-state index contributed by atoms with van der Waals surface area (Å²) in [6.45, 7) is 5.29. The number of carbonyl (C=O) groups excluding carboxylic acids is 1. The number of likely N-dealkylation sites (tertiary alicyclic amines) is 1. The van der Waals surface area contributed by atoms with Gasteiger partial charge in [0.1, 0.15) is 6.54 Å². The molecule has 1 fully saturated rings. The summed E-state index contributed by atoms with van der Waals surface area (Å²) in [5.74, 6) is 1.03. The van der Waals surface area contributed by atoms with Crippen LogP contribution in [0.3, 0.4) is 0 Å². The second-order valence-electron chi connectivity index (χ2n) is 6.51. The quantitative estimate of drug-likeness (QED) is 0.816. The standard InChI is InChI=1S/C16H21N3O3/c1-10-3-4-12-7-18(8-13(12)5-10)14(20)9-19-6-11(2)15(21)17-16(19)22/h3,6,12-13H,4-5,7-9H2,1-2H3,(H,17,21,22)/t12-,13+/m1/s1. The third kappa shape index (κ3) is 2.77. The highest BCUT2D eigenvalue weighted by molar-refractivity contribution is 5.76. The normalized spacial score (nSPS) is 24.1. The van der Waals surface area contributed by atoms with Crippen LogP contribution in [0.2, 0.25) is 0 Å². The number of hydrogen-bond acceptors (Lipinski definition) is 3. The second kappa shape index (κ2) is 5.59. The van der Waals surface area contributed by atoms with E-state index in [0.29, 0.717) is 17.4 Å². The van der Waals surface area contributed by atoms with Crippen molar-refractivity contribution in [1.82, 2.24) is 14.5 Å². The molecule has 0 unspecified atom stereocenters. The number of carbonyl (C=O) groups is 1. The number of fused-ring (bicyclic) bond motifs is 1. The smallest absolute Gasteiger partial charge is 0.328 e. The van der Waals surface area contributed by atoms with Gasteiger partial charge in [-0.2, -0.15) is 0 Å². The summed E-state index contributed by atoms with van der Waals surface area (Å²) < 4.78 is 1.28. The predicted octanol–water partition coefficient (Wildman–Crippen LogP) is 0.660. The zero-order valence-corrected chi connectivity index (χ0v) is 13.0. The average molecular weight is 303 g/mol. The molecule has 0 radical (unpaired) electrons. The van der Waals surface area contributed by atoms with E-state index in [0.717, 1.165) is 25.9 Å². The van der Waals surface area contributed by atoms with Crippen LogP contribution in [-0.4, -0.2) is 33.4 Å². The SMILES string of the molecule is CC1=CC[C@@H]2CN(C(=O)Cn3cc(C)c(=O)[nH]c3=O)C[C@@H]2C1. The van der Waals surface area contributed by atoms with Crippen LogP contribution in [0.1, 0.15) is 25.3 Å². The molecule has 1 aromatic heterocycles. The summed E-state index contributed by atoms with van der Waals surface area (Å²) in [5, 5.41) is 0. The van der Waals surface area contributed by atoms with Gasteiger partial charge in [-0.15, -0.1) is 0 Å². The van der Waals surface area contributed by atoms with Gasteiger partial charge in [-0.1, -0.05) is 11.6 Å². The molecule has 1 amide bonds. The van der Waals surface area contributed by atoms with Crippen molar-refractivity contribution in [2.24, 2.45) is 11.8 Å². The average Bonchev–Trinajstić information content (AvgIpc) is 2.87. The van der Waals surface area contributed by atoms with E-state index in [9.17, 15) is 14.4 Å². The van der Waals surface area contributed by atoms with E-state index in [4.69, 9.17) is 0 Å². The van der Waals surface area contributed by atoms with Gasteiger partial charge in [-0.3, -0.25) is 19.1 Å². The van der Waals surface area contributed by atoms with E-state index in [2.05, 4.69) is 18.0 Å². The lowest BCUT2D eigenvalue weighted by Crippen LogP contribution is -2.38. The van der Waals surface area contributed by atoms with Crippen LogP contribution in [0.15, 0.2) is 27.4 Å². The first-order valence-electron chi connectivity index (χ1n) is 7.68. The Balaban J connectivity index is 1.70. The summed E-state index contributed by atoms with van der Waals surface area (Å²) in [5.41, 5.74) is 0.908. The Morgan fingerprint density at radius 3 is 2.77 bits per heavy atom. The first kappa shape index (κ1) is 14.8. The number of hydrogen-bond donors (Lipinski definition) is 1. The highest BCUT2D eigenvalue weighted by Gasteiger charge is 2.36. The maximum atomic E-state index is 12.4. The molecule has 2 heterocycles. The van der Waals surface area contributed by atoms with Crippen LogP contribution in [-0.2, 0) is 11.3 Å². The van der Waals surface area contributed by atoms with Crippen LogP contribution >= 0.6 is 0 Å². The molecule has 6 heteroatoms. The molecule has 1 aromatic rings. The van der Waals surface area contributed by atoms with Crippen molar-refractivity contribution in [2.75, 3.05) is 13.1 Å². The summed E-state index contributed by atoms with van der Waals surface area (Å²) in [4.78, 5) is 39.7. The third-order valence-electron chi connectivity index (χ3n) is 4.78. The van der Waals surface area contributed by atoms with E-state index >= 15 is 0 Å². The van der Waals surface area contributed by atoms with Gasteiger partial charge in [0.05, 0.1) is 0 Å². The van der Waals surface area contributed by atoms with Crippen LogP contribution in [0.4, 0.5) is 0 Å². The van der Waals surface area contributed by atoms with E-state index in [1.807, 2.05) is 4.90 Å². The van der Waals surface area contributed by atoms with Gasteiger partial charge in [-0.25, -0.2) is 4.79 Å². The largest absolute Gasteiger partial charge is 0.341 e. The molecule has 0 aromatic carbocycles. The molecule has 118 valence electrons. The molecule has 1 aliphatic heterocycles. The Bertz CT molecular complexity index is 744. The van der Waals surface area contributed by atoms with Crippen LogP contribution < -0.4 is 11.2 Å². The molecule has 6 nitrogen and oxygen atoms in total. The molecule has 2 atom stereocenters. The van der Waals surface area contributed by atoms with E-state index in [1.165, 1.54) is 16.3 Å². The van der Waals surface area contributed by atoms with E-state index < -0.39 is 11.2 Å². The summed E-state index contributed by atoms with van der Waals surface area (Å²) in [6.07, 6.45) is 5.82. The van der Waals surface area contributed by atoms with Gasteiger partial charge in [-0.05, 0) is 38.5 Å². The molecule has 1 N–H and O–H groups in total. The van der Waals surface area contributed by atoms with Gasteiger partial charge >= 0.3 is 5.69 Å². The van der Waals surface area contributed by atoms with Crippen LogP contribution in [0.25, 0.3) is 0 Å². The summed E-state index contributed by atoms with van der Waals surface area (Å²) >= 11 is 0. The van der Waals surface area contributed by atoms with Crippen molar-refractivity contribution in [3.63, 3.8) is 0 Å². The van der Waals surface area contributed by atoms with Crippen molar-refractivity contribution in [3.8, 4) is 0 Å². The fourth-order valence-electron chi connectivity index (χ4n) is 3.47. The fraction of sp³-hybridized carbons (Fsp3) is 0.562. The number of rotatable bonds is 2. The zero-order valence-electron chi connectivity index (χ0n) is 13.0. The minimum Gasteiger partial charge on any atom is -0.341 e. The van der Waals surface area contributed by atoms with Crippen molar-refractivity contribution < 1.29 is 4.79 Å². The lowest BCUT2D eigenvalue weighted by Gasteiger charge is -2.21. The highest BCUT2D eigenvalue weighted by Crippen LogP contribution is 2.35. The molecule has 0 bridgehead atoms. The minimum atomic E-state index is -0.530. The molecule has 2 aliphatic rings. The number of H-pyrrole nitrogens is 1. The lowest BCUT2D eigenvalue weighted by molar-refractivity contribution is -0.131. The maximum Gasteiger partial charge on any atom is 0.328 e. The number of amides is 1. The third-order valence-corrected chi connectivity index (χ3v) is 4.78. The van der Waals surface area contributed by atoms with Crippen molar-refractivity contribution in [1.29, 1.82) is 0 Å². The summed E-state index contributed by atoms with van der Waals surface area (Å²) in [6, 6.07) is 0. The van der Waals surface area contributed by atoms with Crippen LogP contribution in [0, 0.1) is 18.8 Å². The molecule has 1 aliphatic carbocycles. The number of nitrogens with zero attached hydrogens (tertiary/aromatic N) is 2. The number of nitrogens with one attached hydrogen (secondary N) is 1. The molecular formula is C16H21N3O3. The Hall–Kier alpha value is -2.11. The number of aryl methyl sites for hydroxylation is 1. The summed E-state index contributed by atoms with van der Waals surface area (Å²) in [7, 11) is 0. The molecule has 0 saturated carbocycles. The molecule has 1 saturated heterocycles. The van der Waals surface area contributed by atoms with E-state index in [-0.39, 0.29) is 12.5 Å². The Morgan fingerprint density at radius 1 is 1.27 bits per heavy atom. The van der Waals surface area contributed by atoms with Gasteiger partial charge < -0.3 is 4.90 Å². The molecular weight excluding hydrogens is 282 g/mol. The fourth-order valence-corrected chi connectivity index (χ4v) is 3.47. The molecule has 3 rings (SSSR count). The number of allylic oxidation sites excluding steroid dienone is 2. The highest BCUT2D eigenvalue weighted by atomic mass is 16.2. The molecule has 22 heavy (non-hydrogen) atoms.